The minimum absolute atomic E-state index is 0.388. The molecule has 0 amide bonds. The zero-order valence-corrected chi connectivity index (χ0v) is 12.0. The highest BCUT2D eigenvalue weighted by atomic mass is 35.5. The summed E-state index contributed by atoms with van der Waals surface area (Å²) in [4.78, 5) is 4.21. The van der Waals surface area contributed by atoms with Gasteiger partial charge in [0, 0.05) is 17.8 Å². The molecule has 0 saturated carbocycles. The van der Waals surface area contributed by atoms with Crippen LogP contribution in [0.2, 0.25) is 10.0 Å². The molecule has 0 aliphatic heterocycles. The average molecular weight is 297 g/mol. The zero-order valence-electron chi connectivity index (χ0n) is 10.5. The molecule has 1 aromatic carbocycles. The van der Waals surface area contributed by atoms with Crippen LogP contribution in [-0.2, 0) is 13.2 Å². The van der Waals surface area contributed by atoms with Crippen LogP contribution in [0.4, 0.5) is 0 Å². The van der Waals surface area contributed by atoms with Gasteiger partial charge in [0.1, 0.15) is 11.6 Å². The van der Waals surface area contributed by atoms with Gasteiger partial charge in [0.15, 0.2) is 0 Å². The number of benzene rings is 1. The molecule has 5 heteroatoms. The summed E-state index contributed by atoms with van der Waals surface area (Å²) in [5.74, 6) is 0.432. The van der Waals surface area contributed by atoms with Crippen molar-refractivity contribution in [1.82, 2.24) is 10.3 Å². The van der Waals surface area contributed by atoms with Crippen LogP contribution in [0.1, 0.15) is 11.1 Å². The van der Waals surface area contributed by atoms with Gasteiger partial charge in [0.2, 0.25) is 5.88 Å². The van der Waals surface area contributed by atoms with Crippen LogP contribution in [0.15, 0.2) is 36.5 Å². The van der Waals surface area contributed by atoms with Crippen LogP contribution in [-0.4, -0.2) is 12.0 Å². The van der Waals surface area contributed by atoms with Crippen LogP contribution in [0.25, 0.3) is 0 Å². The topological polar surface area (TPSA) is 34.2 Å². The molecule has 0 bridgehead atoms. The molecule has 100 valence electrons. The van der Waals surface area contributed by atoms with Gasteiger partial charge in [-0.2, -0.15) is 0 Å². The molecule has 2 rings (SSSR count). The Kier molecular flexibility index (Phi) is 5.02. The van der Waals surface area contributed by atoms with Crippen molar-refractivity contribution in [2.45, 2.75) is 13.2 Å². The lowest BCUT2D eigenvalue weighted by molar-refractivity contribution is 0.294. The van der Waals surface area contributed by atoms with Crippen molar-refractivity contribution in [3.05, 3.63) is 57.7 Å². The monoisotopic (exact) mass is 296 g/mol. The number of pyridine rings is 1. The lowest BCUT2D eigenvalue weighted by atomic mass is 10.2. The Balaban J connectivity index is 2.03. The van der Waals surface area contributed by atoms with Crippen LogP contribution < -0.4 is 10.1 Å². The maximum absolute atomic E-state index is 6.12. The Bertz CT molecular complexity index is 561. The Morgan fingerprint density at radius 2 is 2.05 bits per heavy atom. The predicted octanol–water partition coefficient (Wildman–Crippen LogP) is 3.69. The number of aromatic nitrogens is 1. The molecule has 1 heterocycles. The molecular formula is C14H14Cl2N2O. The van der Waals surface area contributed by atoms with Gasteiger partial charge in [-0.15, -0.1) is 0 Å². The molecule has 0 radical (unpaired) electrons. The molecule has 0 spiro atoms. The third kappa shape index (κ3) is 4.10. The number of rotatable bonds is 5. The van der Waals surface area contributed by atoms with Gasteiger partial charge in [0.05, 0.1) is 0 Å². The lowest BCUT2D eigenvalue weighted by Crippen LogP contribution is -2.06. The molecule has 0 unspecified atom stereocenters. The summed E-state index contributed by atoms with van der Waals surface area (Å²) < 4.78 is 5.59. The maximum atomic E-state index is 6.12. The fourth-order valence-corrected chi connectivity index (χ4v) is 2.11. The van der Waals surface area contributed by atoms with E-state index in [1.54, 1.807) is 6.20 Å². The van der Waals surface area contributed by atoms with Crippen LogP contribution in [0.3, 0.4) is 0 Å². The van der Waals surface area contributed by atoms with E-state index in [0.29, 0.717) is 22.5 Å². The third-order valence-electron chi connectivity index (χ3n) is 2.51. The summed E-state index contributed by atoms with van der Waals surface area (Å²) >= 11 is 12.0. The lowest BCUT2D eigenvalue weighted by Gasteiger charge is -2.08. The molecule has 0 aliphatic rings. The average Bonchev–Trinajstić information content (AvgIpc) is 2.38. The van der Waals surface area contributed by atoms with E-state index >= 15 is 0 Å². The summed E-state index contributed by atoms with van der Waals surface area (Å²) in [5.41, 5.74) is 1.99. The Morgan fingerprint density at radius 1 is 1.21 bits per heavy atom. The van der Waals surface area contributed by atoms with Gasteiger partial charge in [0.25, 0.3) is 0 Å². The molecular weight excluding hydrogens is 283 g/mol. The van der Waals surface area contributed by atoms with Crippen LogP contribution in [0, 0.1) is 0 Å². The summed E-state index contributed by atoms with van der Waals surface area (Å²) in [7, 11) is 1.87. The van der Waals surface area contributed by atoms with Gasteiger partial charge in [-0.1, -0.05) is 35.3 Å². The van der Waals surface area contributed by atoms with Gasteiger partial charge < -0.3 is 10.1 Å². The standard InChI is InChI=1S/C14H14Cl2N2O/c1-17-7-11-6-13(16)14(18-8-11)19-9-10-3-2-4-12(15)5-10/h2-6,8,17H,7,9H2,1H3. The van der Waals surface area contributed by atoms with Crippen LogP contribution in [0.5, 0.6) is 5.88 Å². The molecule has 0 atom stereocenters. The highest BCUT2D eigenvalue weighted by molar-refractivity contribution is 6.31. The molecule has 1 aromatic heterocycles. The smallest absolute Gasteiger partial charge is 0.232 e. The van der Waals surface area contributed by atoms with Crippen molar-refractivity contribution in [3.8, 4) is 5.88 Å². The highest BCUT2D eigenvalue weighted by Gasteiger charge is 2.05. The van der Waals surface area contributed by atoms with E-state index < -0.39 is 0 Å². The molecule has 2 aromatic rings. The predicted molar refractivity (Wildman–Crippen MR) is 77.8 cm³/mol. The van der Waals surface area contributed by atoms with E-state index in [-0.39, 0.29) is 0 Å². The Hall–Kier alpha value is -1.29. The van der Waals surface area contributed by atoms with Gasteiger partial charge >= 0.3 is 0 Å². The second-order valence-corrected chi connectivity index (χ2v) is 4.92. The van der Waals surface area contributed by atoms with Gasteiger partial charge in [-0.3, -0.25) is 0 Å². The quantitative estimate of drug-likeness (QED) is 0.914. The SMILES string of the molecule is CNCc1cnc(OCc2cccc(Cl)c2)c(Cl)c1. The van der Waals surface area contributed by atoms with E-state index in [4.69, 9.17) is 27.9 Å². The van der Waals surface area contributed by atoms with E-state index in [2.05, 4.69) is 10.3 Å². The minimum Gasteiger partial charge on any atom is -0.472 e. The fraction of sp³-hybridized carbons (Fsp3) is 0.214. The third-order valence-corrected chi connectivity index (χ3v) is 3.02. The summed E-state index contributed by atoms with van der Waals surface area (Å²) in [6.45, 7) is 1.11. The van der Waals surface area contributed by atoms with Crippen molar-refractivity contribution >= 4 is 23.2 Å². The normalized spacial score (nSPS) is 10.5. The Labute approximate surface area is 122 Å². The zero-order chi connectivity index (χ0) is 13.7. The minimum atomic E-state index is 0.388. The number of ether oxygens (including phenoxy) is 1. The van der Waals surface area contributed by atoms with E-state index in [1.807, 2.05) is 37.4 Å². The molecule has 0 aliphatic carbocycles. The summed E-state index contributed by atoms with van der Waals surface area (Å²) in [6, 6.07) is 9.34. The number of hydrogen-bond acceptors (Lipinski definition) is 3. The molecule has 0 saturated heterocycles. The van der Waals surface area contributed by atoms with Crippen molar-refractivity contribution in [1.29, 1.82) is 0 Å². The first-order chi connectivity index (χ1) is 9.19. The van der Waals surface area contributed by atoms with E-state index in [1.165, 1.54) is 0 Å². The van der Waals surface area contributed by atoms with Gasteiger partial charge in [-0.25, -0.2) is 4.98 Å². The second kappa shape index (κ2) is 6.75. The van der Waals surface area contributed by atoms with Gasteiger partial charge in [-0.05, 0) is 36.4 Å². The first kappa shape index (κ1) is 14.1. The van der Waals surface area contributed by atoms with Crippen molar-refractivity contribution < 1.29 is 4.74 Å². The highest BCUT2D eigenvalue weighted by Crippen LogP contribution is 2.23. The molecule has 0 fully saturated rings. The van der Waals surface area contributed by atoms with E-state index in [0.717, 1.165) is 17.7 Å². The fourth-order valence-electron chi connectivity index (χ4n) is 1.65. The van der Waals surface area contributed by atoms with E-state index in [9.17, 15) is 0 Å². The first-order valence-electron chi connectivity index (χ1n) is 5.85. The largest absolute Gasteiger partial charge is 0.472 e. The second-order valence-electron chi connectivity index (χ2n) is 4.08. The molecule has 19 heavy (non-hydrogen) atoms. The number of halogens is 2. The molecule has 1 N–H and O–H groups in total. The Morgan fingerprint density at radius 3 is 2.74 bits per heavy atom. The number of nitrogens with zero attached hydrogens (tertiary/aromatic N) is 1. The maximum Gasteiger partial charge on any atom is 0.232 e. The molecule has 3 nitrogen and oxygen atoms in total. The van der Waals surface area contributed by atoms with Crippen molar-refractivity contribution in [2.75, 3.05) is 7.05 Å². The van der Waals surface area contributed by atoms with Crippen LogP contribution >= 0.6 is 23.2 Å². The summed E-state index contributed by atoms with van der Waals surface area (Å²) in [5, 5.41) is 4.23. The van der Waals surface area contributed by atoms with Crippen molar-refractivity contribution in [2.24, 2.45) is 0 Å². The number of hydrogen-bond donors (Lipinski definition) is 1. The number of nitrogens with one attached hydrogen (secondary N) is 1. The summed E-state index contributed by atoms with van der Waals surface area (Å²) in [6.07, 6.45) is 1.75. The first-order valence-corrected chi connectivity index (χ1v) is 6.61. The van der Waals surface area contributed by atoms with Crippen molar-refractivity contribution in [3.63, 3.8) is 0 Å².